The standard InChI is InChI=1S/C6H14NO2P/c1-8-10(9-2)7-5-3-4-6-7/h3-6H2,1-2H3. The molecule has 0 aromatic heterocycles. The van der Waals surface area contributed by atoms with Crippen LogP contribution in [0.1, 0.15) is 12.8 Å². The Balaban J connectivity index is 2.29. The molecule has 10 heavy (non-hydrogen) atoms. The molecule has 0 atom stereocenters. The van der Waals surface area contributed by atoms with Crippen molar-refractivity contribution < 1.29 is 9.05 Å². The molecular formula is C6H14NO2P. The smallest absolute Gasteiger partial charge is 0.258 e. The van der Waals surface area contributed by atoms with E-state index in [0.717, 1.165) is 13.1 Å². The van der Waals surface area contributed by atoms with Gasteiger partial charge in [-0.25, -0.2) is 4.67 Å². The lowest BCUT2D eigenvalue weighted by Crippen LogP contribution is -2.13. The average Bonchev–Trinajstić information content (AvgIpc) is 2.43. The first-order valence-electron chi connectivity index (χ1n) is 3.51. The van der Waals surface area contributed by atoms with Gasteiger partial charge in [-0.1, -0.05) is 0 Å². The fourth-order valence-electron chi connectivity index (χ4n) is 1.17. The van der Waals surface area contributed by atoms with Crippen LogP contribution in [0.15, 0.2) is 0 Å². The Kier molecular flexibility index (Phi) is 3.57. The van der Waals surface area contributed by atoms with Crippen LogP contribution in [-0.4, -0.2) is 32.0 Å². The monoisotopic (exact) mass is 163 g/mol. The van der Waals surface area contributed by atoms with Gasteiger partial charge in [-0.05, 0) is 12.8 Å². The van der Waals surface area contributed by atoms with E-state index in [2.05, 4.69) is 4.67 Å². The van der Waals surface area contributed by atoms with Crippen molar-refractivity contribution in [2.75, 3.05) is 27.3 Å². The van der Waals surface area contributed by atoms with E-state index in [1.807, 2.05) is 0 Å². The lowest BCUT2D eigenvalue weighted by Gasteiger charge is -2.21. The second-order valence-corrected chi connectivity index (χ2v) is 4.04. The molecule has 0 saturated carbocycles. The molecule has 0 amide bonds. The summed E-state index contributed by atoms with van der Waals surface area (Å²) in [7, 11) is 2.68. The van der Waals surface area contributed by atoms with Crippen LogP contribution in [0.5, 0.6) is 0 Å². The molecule has 1 saturated heterocycles. The highest BCUT2D eigenvalue weighted by Gasteiger charge is 2.21. The molecule has 0 radical (unpaired) electrons. The molecule has 0 aromatic carbocycles. The first-order chi connectivity index (χ1) is 4.88. The van der Waals surface area contributed by atoms with Gasteiger partial charge in [-0.15, -0.1) is 0 Å². The fourth-order valence-corrected chi connectivity index (χ4v) is 2.39. The largest absolute Gasteiger partial charge is 0.325 e. The van der Waals surface area contributed by atoms with Gasteiger partial charge in [0.2, 0.25) is 0 Å². The minimum Gasteiger partial charge on any atom is -0.325 e. The van der Waals surface area contributed by atoms with Gasteiger partial charge in [0.1, 0.15) is 0 Å². The van der Waals surface area contributed by atoms with Gasteiger partial charge >= 0.3 is 0 Å². The van der Waals surface area contributed by atoms with Crippen LogP contribution in [0.25, 0.3) is 0 Å². The zero-order valence-electron chi connectivity index (χ0n) is 6.54. The summed E-state index contributed by atoms with van der Waals surface area (Å²) in [6.07, 6.45) is 2.57. The topological polar surface area (TPSA) is 21.7 Å². The molecule has 60 valence electrons. The van der Waals surface area contributed by atoms with E-state index in [1.165, 1.54) is 12.8 Å². The lowest BCUT2D eigenvalue weighted by molar-refractivity contribution is 0.284. The molecule has 0 spiro atoms. The number of hydrogen-bond donors (Lipinski definition) is 0. The summed E-state index contributed by atoms with van der Waals surface area (Å²) < 4.78 is 12.6. The predicted octanol–water partition coefficient (Wildman–Crippen LogP) is 1.60. The maximum Gasteiger partial charge on any atom is 0.258 e. The van der Waals surface area contributed by atoms with Crippen LogP contribution in [0, 0.1) is 0 Å². The molecule has 4 heteroatoms. The van der Waals surface area contributed by atoms with Crippen molar-refractivity contribution in [1.29, 1.82) is 0 Å². The van der Waals surface area contributed by atoms with E-state index in [-0.39, 0.29) is 0 Å². The van der Waals surface area contributed by atoms with Crippen molar-refractivity contribution in [2.24, 2.45) is 0 Å². The van der Waals surface area contributed by atoms with E-state index in [4.69, 9.17) is 9.05 Å². The Morgan fingerprint density at radius 1 is 1.10 bits per heavy atom. The van der Waals surface area contributed by atoms with Gasteiger partial charge in [0.25, 0.3) is 8.53 Å². The van der Waals surface area contributed by atoms with E-state index in [0.29, 0.717) is 0 Å². The summed E-state index contributed by atoms with van der Waals surface area (Å²) >= 11 is 0. The third kappa shape index (κ3) is 1.89. The second kappa shape index (κ2) is 4.24. The first kappa shape index (κ1) is 8.41. The zero-order valence-corrected chi connectivity index (χ0v) is 7.43. The quantitative estimate of drug-likeness (QED) is 0.590. The van der Waals surface area contributed by atoms with Gasteiger partial charge in [0.15, 0.2) is 0 Å². The van der Waals surface area contributed by atoms with Gasteiger partial charge in [-0.2, -0.15) is 0 Å². The fraction of sp³-hybridized carbons (Fsp3) is 1.00. The number of rotatable bonds is 3. The van der Waals surface area contributed by atoms with Crippen molar-refractivity contribution in [3.8, 4) is 0 Å². The third-order valence-corrected chi connectivity index (χ3v) is 3.11. The maximum atomic E-state index is 5.15. The van der Waals surface area contributed by atoms with Crippen molar-refractivity contribution in [3.05, 3.63) is 0 Å². The average molecular weight is 163 g/mol. The Labute approximate surface area is 63.3 Å². The molecule has 1 heterocycles. The molecular weight excluding hydrogens is 149 g/mol. The van der Waals surface area contributed by atoms with Gasteiger partial charge < -0.3 is 9.05 Å². The molecule has 0 aliphatic carbocycles. The molecule has 0 bridgehead atoms. The molecule has 0 unspecified atom stereocenters. The summed E-state index contributed by atoms with van der Waals surface area (Å²) in [5, 5.41) is 0. The summed E-state index contributed by atoms with van der Waals surface area (Å²) in [5.74, 6) is 0. The number of nitrogens with zero attached hydrogens (tertiary/aromatic N) is 1. The van der Waals surface area contributed by atoms with Crippen molar-refractivity contribution in [1.82, 2.24) is 4.67 Å². The van der Waals surface area contributed by atoms with Crippen molar-refractivity contribution in [3.63, 3.8) is 0 Å². The van der Waals surface area contributed by atoms with E-state index in [1.54, 1.807) is 14.2 Å². The first-order valence-corrected chi connectivity index (χ1v) is 4.64. The van der Waals surface area contributed by atoms with Crippen molar-refractivity contribution in [2.45, 2.75) is 12.8 Å². The Hall–Kier alpha value is 0.310. The SMILES string of the molecule is COP(OC)N1CCCC1. The zero-order chi connectivity index (χ0) is 7.40. The second-order valence-electron chi connectivity index (χ2n) is 2.26. The molecule has 0 N–H and O–H groups in total. The van der Waals surface area contributed by atoms with Crippen LogP contribution in [0.3, 0.4) is 0 Å². The molecule has 1 rings (SSSR count). The minimum atomic E-state index is -0.724. The van der Waals surface area contributed by atoms with E-state index >= 15 is 0 Å². The third-order valence-electron chi connectivity index (χ3n) is 1.63. The summed E-state index contributed by atoms with van der Waals surface area (Å²) in [6, 6.07) is 0. The summed E-state index contributed by atoms with van der Waals surface area (Å²) in [4.78, 5) is 0. The number of hydrogen-bond acceptors (Lipinski definition) is 3. The van der Waals surface area contributed by atoms with E-state index < -0.39 is 8.53 Å². The molecule has 1 fully saturated rings. The maximum absolute atomic E-state index is 5.15. The lowest BCUT2D eigenvalue weighted by atomic mass is 10.4. The van der Waals surface area contributed by atoms with Crippen LogP contribution < -0.4 is 0 Å². The van der Waals surface area contributed by atoms with Crippen LogP contribution in [0.2, 0.25) is 0 Å². The Morgan fingerprint density at radius 2 is 1.60 bits per heavy atom. The van der Waals surface area contributed by atoms with Crippen molar-refractivity contribution >= 4 is 8.53 Å². The molecule has 1 aliphatic rings. The normalized spacial score (nSPS) is 20.7. The molecule has 3 nitrogen and oxygen atoms in total. The summed E-state index contributed by atoms with van der Waals surface area (Å²) in [5.41, 5.74) is 0. The van der Waals surface area contributed by atoms with Crippen LogP contribution in [0.4, 0.5) is 0 Å². The van der Waals surface area contributed by atoms with E-state index in [9.17, 15) is 0 Å². The Morgan fingerprint density at radius 3 is 2.00 bits per heavy atom. The Bertz CT molecular complexity index is 91.7. The van der Waals surface area contributed by atoms with Gasteiger partial charge in [0, 0.05) is 27.3 Å². The minimum absolute atomic E-state index is 0.724. The van der Waals surface area contributed by atoms with Crippen LogP contribution >= 0.6 is 8.53 Å². The highest BCUT2D eigenvalue weighted by Crippen LogP contribution is 2.42. The highest BCUT2D eigenvalue weighted by atomic mass is 31.2. The van der Waals surface area contributed by atoms with Gasteiger partial charge in [-0.3, -0.25) is 0 Å². The molecule has 0 aromatic rings. The summed E-state index contributed by atoms with van der Waals surface area (Å²) in [6.45, 7) is 2.26. The highest BCUT2D eigenvalue weighted by molar-refractivity contribution is 7.44. The van der Waals surface area contributed by atoms with Gasteiger partial charge in [0.05, 0.1) is 0 Å². The van der Waals surface area contributed by atoms with Crippen LogP contribution in [-0.2, 0) is 9.05 Å². The predicted molar refractivity (Wildman–Crippen MR) is 41.7 cm³/mol. The molecule has 1 aliphatic heterocycles.